The molecule has 0 saturated carbocycles. The Hall–Kier alpha value is -0.778. The van der Waals surface area contributed by atoms with E-state index in [0.717, 1.165) is 11.2 Å². The predicted octanol–water partition coefficient (Wildman–Crippen LogP) is 5.54. The summed E-state index contributed by atoms with van der Waals surface area (Å²) in [6, 6.07) is 8.30. The highest BCUT2D eigenvalue weighted by atomic mass is 28.4. The van der Waals surface area contributed by atoms with Crippen molar-refractivity contribution in [3.05, 3.63) is 24.3 Å². The zero-order valence-electron chi connectivity index (χ0n) is 18.3. The van der Waals surface area contributed by atoms with E-state index in [9.17, 15) is 0 Å². The van der Waals surface area contributed by atoms with Gasteiger partial charge in [0.2, 0.25) is 0 Å². The van der Waals surface area contributed by atoms with Gasteiger partial charge in [0, 0.05) is 0 Å². The molecule has 26 heavy (non-hydrogen) atoms. The van der Waals surface area contributed by atoms with Crippen LogP contribution in [0.3, 0.4) is 0 Å². The average molecular weight is 376 g/mol. The maximum absolute atomic E-state index is 6.82. The molecule has 0 N–H and O–H groups in total. The number of hydrogen-bond donors (Lipinski definition) is 0. The lowest BCUT2D eigenvalue weighted by Crippen LogP contribution is -2.50. The van der Waals surface area contributed by atoms with Gasteiger partial charge in [-0.05, 0) is 61.9 Å². The van der Waals surface area contributed by atoms with Crippen LogP contribution in [-0.2, 0) is 9.31 Å². The van der Waals surface area contributed by atoms with Crippen LogP contribution >= 0.6 is 0 Å². The van der Waals surface area contributed by atoms with E-state index in [2.05, 4.69) is 93.5 Å². The molecule has 3 nitrogen and oxygen atoms in total. The monoisotopic (exact) mass is 376 g/mol. The maximum atomic E-state index is 6.82. The van der Waals surface area contributed by atoms with Crippen LogP contribution in [0.4, 0.5) is 0 Å². The quantitative estimate of drug-likeness (QED) is 0.610. The highest BCUT2D eigenvalue weighted by molar-refractivity contribution is 6.78. The van der Waals surface area contributed by atoms with Crippen LogP contribution in [0.25, 0.3) is 0 Å². The molecule has 0 bridgehead atoms. The van der Waals surface area contributed by atoms with Crippen molar-refractivity contribution in [3.63, 3.8) is 0 Å². The van der Waals surface area contributed by atoms with Gasteiger partial charge in [-0.1, -0.05) is 53.7 Å². The van der Waals surface area contributed by atoms with Crippen LogP contribution < -0.4 is 9.89 Å². The third-order valence-corrected chi connectivity index (χ3v) is 12.4. The molecule has 0 aliphatic carbocycles. The van der Waals surface area contributed by atoms with E-state index in [1.165, 1.54) is 0 Å². The molecule has 0 unspecified atom stereocenters. The van der Waals surface area contributed by atoms with Gasteiger partial charge >= 0.3 is 7.12 Å². The van der Waals surface area contributed by atoms with Crippen molar-refractivity contribution >= 4 is 20.9 Å². The highest BCUT2D eigenvalue weighted by Crippen LogP contribution is 2.43. The zero-order chi connectivity index (χ0) is 19.9. The fourth-order valence-corrected chi connectivity index (χ4v) is 9.50. The minimum atomic E-state index is -1.97. The molecule has 1 fully saturated rings. The first-order chi connectivity index (χ1) is 11.8. The van der Waals surface area contributed by atoms with E-state index in [1.807, 2.05) is 0 Å². The van der Waals surface area contributed by atoms with Crippen molar-refractivity contribution in [1.82, 2.24) is 0 Å². The minimum absolute atomic E-state index is 0.333. The summed E-state index contributed by atoms with van der Waals surface area (Å²) in [5.41, 5.74) is 2.00. The summed E-state index contributed by atoms with van der Waals surface area (Å²) in [7, 11) is -2.32. The van der Waals surface area contributed by atoms with Gasteiger partial charge < -0.3 is 13.7 Å². The molecular weight excluding hydrogens is 339 g/mol. The SMILES string of the molecule is CC(C)[Si](Oc1cccc(B2OC(C)(C)C(C)(C)O2)c1)(C(C)C)C(C)C. The molecule has 146 valence electrons. The predicted molar refractivity (Wildman–Crippen MR) is 114 cm³/mol. The van der Waals surface area contributed by atoms with Crippen LogP contribution in [0.5, 0.6) is 5.75 Å². The van der Waals surface area contributed by atoms with Gasteiger partial charge in [0.05, 0.1) is 11.2 Å². The van der Waals surface area contributed by atoms with Gasteiger partial charge in [-0.15, -0.1) is 0 Å². The minimum Gasteiger partial charge on any atom is -0.543 e. The molecule has 0 spiro atoms. The first-order valence-electron chi connectivity index (χ1n) is 9.98. The molecule has 1 heterocycles. The number of hydrogen-bond acceptors (Lipinski definition) is 3. The van der Waals surface area contributed by atoms with Crippen LogP contribution in [0.15, 0.2) is 24.3 Å². The van der Waals surface area contributed by atoms with Gasteiger partial charge in [-0.3, -0.25) is 0 Å². The van der Waals surface area contributed by atoms with Gasteiger partial charge in [0.15, 0.2) is 0 Å². The second-order valence-electron chi connectivity index (χ2n) is 9.58. The first-order valence-corrected chi connectivity index (χ1v) is 12.1. The Morgan fingerprint density at radius 1 is 0.846 bits per heavy atom. The third kappa shape index (κ3) is 3.76. The molecule has 1 aliphatic rings. The molecule has 1 saturated heterocycles. The molecule has 1 aromatic rings. The van der Waals surface area contributed by atoms with E-state index in [4.69, 9.17) is 13.7 Å². The lowest BCUT2D eigenvalue weighted by atomic mass is 9.79. The summed E-state index contributed by atoms with van der Waals surface area (Å²) in [6.45, 7) is 22.2. The third-order valence-electron chi connectivity index (χ3n) is 6.39. The Kier molecular flexibility index (Phi) is 6.06. The fourth-order valence-electron chi connectivity index (χ4n) is 4.26. The van der Waals surface area contributed by atoms with Gasteiger partial charge in [0.25, 0.3) is 8.32 Å². The number of benzene rings is 1. The Morgan fingerprint density at radius 2 is 1.31 bits per heavy atom. The molecule has 0 amide bonds. The van der Waals surface area contributed by atoms with Crippen molar-refractivity contribution in [2.45, 2.75) is 97.1 Å². The molecular formula is C21H37BO3Si. The van der Waals surface area contributed by atoms with Crippen molar-refractivity contribution in [3.8, 4) is 5.75 Å². The zero-order valence-corrected chi connectivity index (χ0v) is 19.3. The number of rotatable bonds is 6. The van der Waals surface area contributed by atoms with E-state index in [1.54, 1.807) is 0 Å². The smallest absolute Gasteiger partial charge is 0.494 e. The summed E-state index contributed by atoms with van der Waals surface area (Å²) in [6.07, 6.45) is 0. The summed E-state index contributed by atoms with van der Waals surface area (Å²) < 4.78 is 19.2. The molecule has 0 radical (unpaired) electrons. The van der Waals surface area contributed by atoms with E-state index >= 15 is 0 Å². The van der Waals surface area contributed by atoms with Crippen molar-refractivity contribution < 1.29 is 13.7 Å². The molecule has 5 heteroatoms. The summed E-state index contributed by atoms with van der Waals surface area (Å²) in [4.78, 5) is 0. The van der Waals surface area contributed by atoms with Crippen LogP contribution in [-0.4, -0.2) is 26.6 Å². The van der Waals surface area contributed by atoms with Crippen LogP contribution in [0.2, 0.25) is 16.6 Å². The van der Waals surface area contributed by atoms with Gasteiger partial charge in [0.1, 0.15) is 5.75 Å². The average Bonchev–Trinajstić information content (AvgIpc) is 2.72. The lowest BCUT2D eigenvalue weighted by molar-refractivity contribution is 0.00578. The van der Waals surface area contributed by atoms with E-state index in [-0.39, 0.29) is 18.3 Å². The van der Waals surface area contributed by atoms with Gasteiger partial charge in [-0.25, -0.2) is 0 Å². The topological polar surface area (TPSA) is 27.7 Å². The van der Waals surface area contributed by atoms with Crippen LogP contribution in [0.1, 0.15) is 69.2 Å². The Morgan fingerprint density at radius 3 is 1.73 bits per heavy atom. The summed E-state index contributed by atoms with van der Waals surface area (Å²) >= 11 is 0. The van der Waals surface area contributed by atoms with E-state index < -0.39 is 8.32 Å². The second-order valence-corrected chi connectivity index (χ2v) is 15.0. The fraction of sp³-hybridized carbons (Fsp3) is 0.714. The largest absolute Gasteiger partial charge is 0.543 e. The van der Waals surface area contributed by atoms with Crippen molar-refractivity contribution in [2.75, 3.05) is 0 Å². The van der Waals surface area contributed by atoms with E-state index in [0.29, 0.717) is 16.6 Å². The van der Waals surface area contributed by atoms with Crippen molar-refractivity contribution in [2.24, 2.45) is 0 Å². The molecule has 0 atom stereocenters. The lowest BCUT2D eigenvalue weighted by Gasteiger charge is -2.42. The standard InChI is InChI=1S/C21H37BO3Si/c1-15(2)26(16(3)4,17(5)6)23-19-13-11-12-18(14-19)22-24-20(7,8)21(9,10)25-22/h11-17H,1-10H3. The molecule has 1 aliphatic heterocycles. The summed E-state index contributed by atoms with van der Waals surface area (Å²) in [5.74, 6) is 0.944. The molecule has 2 rings (SSSR count). The van der Waals surface area contributed by atoms with Crippen LogP contribution in [0, 0.1) is 0 Å². The van der Waals surface area contributed by atoms with Gasteiger partial charge in [-0.2, -0.15) is 0 Å². The molecule has 1 aromatic carbocycles. The van der Waals surface area contributed by atoms with Crippen molar-refractivity contribution in [1.29, 1.82) is 0 Å². The highest BCUT2D eigenvalue weighted by Gasteiger charge is 2.52. The Labute approximate surface area is 162 Å². The summed E-state index contributed by atoms with van der Waals surface area (Å²) in [5, 5.41) is 0. The first kappa shape index (κ1) is 21.5. The Bertz CT molecular complexity index is 588. The maximum Gasteiger partial charge on any atom is 0.494 e. The molecule has 0 aromatic heterocycles. The normalized spacial score (nSPS) is 19.7. The second kappa shape index (κ2) is 7.33. The Balaban J connectivity index is 2.32.